The number of carbonyl (C=O) groups is 1. The SMILES string of the molecule is CCCCOC(=O)C(CC)CCCC. The Morgan fingerprint density at radius 2 is 1.79 bits per heavy atom. The van der Waals surface area contributed by atoms with Gasteiger partial charge in [-0.15, -0.1) is 0 Å². The first-order valence-electron chi connectivity index (χ1n) is 5.92. The molecule has 0 aliphatic heterocycles. The van der Waals surface area contributed by atoms with Crippen LogP contribution in [-0.2, 0) is 9.53 Å². The summed E-state index contributed by atoms with van der Waals surface area (Å²) in [4.78, 5) is 11.5. The zero-order chi connectivity index (χ0) is 10.8. The second kappa shape index (κ2) is 9.04. The molecular weight excluding hydrogens is 176 g/mol. The molecule has 1 unspecified atom stereocenters. The lowest BCUT2D eigenvalue weighted by molar-refractivity contribution is -0.149. The molecule has 0 rings (SSSR count). The van der Waals surface area contributed by atoms with Gasteiger partial charge in [0.25, 0.3) is 0 Å². The van der Waals surface area contributed by atoms with Gasteiger partial charge in [0.15, 0.2) is 0 Å². The average molecular weight is 200 g/mol. The fourth-order valence-corrected chi connectivity index (χ4v) is 1.37. The highest BCUT2D eigenvalue weighted by molar-refractivity contribution is 5.72. The summed E-state index contributed by atoms with van der Waals surface area (Å²) in [5.41, 5.74) is 0. The fraction of sp³-hybridized carbons (Fsp3) is 0.917. The standard InChI is InChI=1S/C12H24O2/c1-4-7-9-11(6-3)12(13)14-10-8-5-2/h11H,4-10H2,1-3H3. The Balaban J connectivity index is 3.67. The molecule has 0 aliphatic rings. The Hall–Kier alpha value is -0.530. The molecule has 14 heavy (non-hydrogen) atoms. The van der Waals surface area contributed by atoms with Gasteiger partial charge < -0.3 is 4.74 Å². The summed E-state index contributed by atoms with van der Waals surface area (Å²) in [5, 5.41) is 0. The molecular formula is C12H24O2. The van der Waals surface area contributed by atoms with Crippen LogP contribution in [0, 0.1) is 5.92 Å². The topological polar surface area (TPSA) is 26.3 Å². The van der Waals surface area contributed by atoms with Gasteiger partial charge in [-0.1, -0.05) is 40.0 Å². The average Bonchev–Trinajstić information content (AvgIpc) is 2.19. The summed E-state index contributed by atoms with van der Waals surface area (Å²) in [6.07, 6.45) is 6.23. The highest BCUT2D eigenvalue weighted by Gasteiger charge is 2.16. The number of rotatable bonds is 8. The lowest BCUT2D eigenvalue weighted by Crippen LogP contribution is -2.17. The van der Waals surface area contributed by atoms with Crippen LogP contribution in [0.3, 0.4) is 0 Å². The van der Waals surface area contributed by atoms with Gasteiger partial charge in [-0.25, -0.2) is 0 Å². The van der Waals surface area contributed by atoms with Crippen LogP contribution in [-0.4, -0.2) is 12.6 Å². The summed E-state index contributed by atoms with van der Waals surface area (Å²) in [6, 6.07) is 0. The molecule has 0 spiro atoms. The van der Waals surface area contributed by atoms with E-state index in [-0.39, 0.29) is 11.9 Å². The third kappa shape index (κ3) is 6.01. The van der Waals surface area contributed by atoms with E-state index in [1.54, 1.807) is 0 Å². The van der Waals surface area contributed by atoms with E-state index in [1.807, 2.05) is 0 Å². The monoisotopic (exact) mass is 200 g/mol. The number of unbranched alkanes of at least 4 members (excludes halogenated alkanes) is 2. The molecule has 2 nitrogen and oxygen atoms in total. The Morgan fingerprint density at radius 3 is 2.29 bits per heavy atom. The maximum Gasteiger partial charge on any atom is 0.308 e. The third-order valence-corrected chi connectivity index (χ3v) is 2.47. The molecule has 0 saturated carbocycles. The normalized spacial score (nSPS) is 12.5. The molecule has 0 aromatic rings. The maximum atomic E-state index is 11.5. The second-order valence-electron chi connectivity index (χ2n) is 3.77. The van der Waals surface area contributed by atoms with Crippen LogP contribution in [0.5, 0.6) is 0 Å². The van der Waals surface area contributed by atoms with Gasteiger partial charge in [-0.3, -0.25) is 4.79 Å². The maximum absolute atomic E-state index is 11.5. The first-order chi connectivity index (χ1) is 6.76. The van der Waals surface area contributed by atoms with Gasteiger partial charge in [0, 0.05) is 0 Å². The summed E-state index contributed by atoms with van der Waals surface area (Å²) in [5.74, 6) is 0.140. The van der Waals surface area contributed by atoms with Crippen LogP contribution in [0.2, 0.25) is 0 Å². The predicted octanol–water partition coefficient (Wildman–Crippen LogP) is 3.55. The molecule has 0 saturated heterocycles. The number of hydrogen-bond donors (Lipinski definition) is 0. The van der Waals surface area contributed by atoms with E-state index in [0.717, 1.165) is 38.5 Å². The van der Waals surface area contributed by atoms with E-state index in [2.05, 4.69) is 20.8 Å². The molecule has 0 amide bonds. The van der Waals surface area contributed by atoms with Gasteiger partial charge in [0.2, 0.25) is 0 Å². The largest absolute Gasteiger partial charge is 0.465 e. The van der Waals surface area contributed by atoms with Crippen molar-refractivity contribution < 1.29 is 9.53 Å². The third-order valence-electron chi connectivity index (χ3n) is 2.47. The summed E-state index contributed by atoms with van der Waals surface area (Å²) < 4.78 is 5.19. The van der Waals surface area contributed by atoms with Crippen molar-refractivity contribution in [3.8, 4) is 0 Å². The highest BCUT2D eigenvalue weighted by Crippen LogP contribution is 2.14. The Bertz CT molecular complexity index is 143. The molecule has 2 heteroatoms. The quantitative estimate of drug-likeness (QED) is 0.442. The minimum atomic E-state index is 0.00870. The Labute approximate surface area is 88.0 Å². The Kier molecular flexibility index (Phi) is 8.70. The molecule has 84 valence electrons. The predicted molar refractivity (Wildman–Crippen MR) is 59.2 cm³/mol. The number of hydrogen-bond acceptors (Lipinski definition) is 2. The van der Waals surface area contributed by atoms with Crippen molar-refractivity contribution in [2.24, 2.45) is 5.92 Å². The molecule has 1 atom stereocenters. The van der Waals surface area contributed by atoms with Gasteiger partial charge >= 0.3 is 5.97 Å². The van der Waals surface area contributed by atoms with Crippen LogP contribution < -0.4 is 0 Å². The van der Waals surface area contributed by atoms with Crippen molar-refractivity contribution in [3.63, 3.8) is 0 Å². The van der Waals surface area contributed by atoms with E-state index in [1.165, 1.54) is 0 Å². The van der Waals surface area contributed by atoms with Crippen molar-refractivity contribution in [2.75, 3.05) is 6.61 Å². The zero-order valence-corrected chi connectivity index (χ0v) is 9.84. The van der Waals surface area contributed by atoms with Crippen LogP contribution in [0.25, 0.3) is 0 Å². The molecule has 0 N–H and O–H groups in total. The molecule has 0 aromatic heterocycles. The van der Waals surface area contributed by atoms with E-state index in [9.17, 15) is 4.79 Å². The molecule has 0 radical (unpaired) electrons. The first kappa shape index (κ1) is 13.5. The Morgan fingerprint density at radius 1 is 1.14 bits per heavy atom. The van der Waals surface area contributed by atoms with Crippen molar-refractivity contribution >= 4 is 5.97 Å². The van der Waals surface area contributed by atoms with Crippen molar-refractivity contribution in [2.45, 2.75) is 59.3 Å². The van der Waals surface area contributed by atoms with E-state index < -0.39 is 0 Å². The van der Waals surface area contributed by atoms with Crippen molar-refractivity contribution in [1.82, 2.24) is 0 Å². The van der Waals surface area contributed by atoms with E-state index in [0.29, 0.717) is 6.61 Å². The summed E-state index contributed by atoms with van der Waals surface area (Å²) in [7, 11) is 0. The van der Waals surface area contributed by atoms with Crippen molar-refractivity contribution in [3.05, 3.63) is 0 Å². The number of esters is 1. The van der Waals surface area contributed by atoms with Gasteiger partial charge in [-0.05, 0) is 19.3 Å². The summed E-state index contributed by atoms with van der Waals surface area (Å²) >= 11 is 0. The number of carbonyl (C=O) groups excluding carboxylic acids is 1. The fourth-order valence-electron chi connectivity index (χ4n) is 1.37. The minimum absolute atomic E-state index is 0.00870. The first-order valence-corrected chi connectivity index (χ1v) is 5.92. The van der Waals surface area contributed by atoms with Crippen LogP contribution in [0.4, 0.5) is 0 Å². The van der Waals surface area contributed by atoms with Crippen LogP contribution in [0.15, 0.2) is 0 Å². The second-order valence-corrected chi connectivity index (χ2v) is 3.77. The van der Waals surface area contributed by atoms with Crippen LogP contribution in [0.1, 0.15) is 59.3 Å². The molecule has 0 bridgehead atoms. The number of ether oxygens (including phenoxy) is 1. The lowest BCUT2D eigenvalue weighted by Gasteiger charge is -2.13. The van der Waals surface area contributed by atoms with Crippen LogP contribution >= 0.6 is 0 Å². The van der Waals surface area contributed by atoms with Crippen molar-refractivity contribution in [1.29, 1.82) is 0 Å². The lowest BCUT2D eigenvalue weighted by atomic mass is 10.00. The summed E-state index contributed by atoms with van der Waals surface area (Å²) in [6.45, 7) is 6.90. The van der Waals surface area contributed by atoms with Gasteiger partial charge in [0.1, 0.15) is 0 Å². The zero-order valence-electron chi connectivity index (χ0n) is 9.84. The molecule has 0 aliphatic carbocycles. The molecule has 0 heterocycles. The van der Waals surface area contributed by atoms with E-state index in [4.69, 9.17) is 4.74 Å². The van der Waals surface area contributed by atoms with Gasteiger partial charge in [-0.2, -0.15) is 0 Å². The van der Waals surface area contributed by atoms with Gasteiger partial charge in [0.05, 0.1) is 12.5 Å². The minimum Gasteiger partial charge on any atom is -0.465 e. The van der Waals surface area contributed by atoms with E-state index >= 15 is 0 Å². The molecule has 0 aromatic carbocycles. The highest BCUT2D eigenvalue weighted by atomic mass is 16.5. The molecule has 0 fully saturated rings. The smallest absolute Gasteiger partial charge is 0.308 e.